The van der Waals surface area contributed by atoms with Gasteiger partial charge in [0, 0.05) is 12.8 Å². The number of nitrogens with one attached hydrogen (secondary N) is 1. The third kappa shape index (κ3) is 2.39. The van der Waals surface area contributed by atoms with Crippen LogP contribution in [0.5, 0.6) is 0 Å². The molecule has 4 amide bonds. The summed E-state index contributed by atoms with van der Waals surface area (Å²) in [5.74, 6) is -1.20. The molecule has 0 bridgehead atoms. The van der Waals surface area contributed by atoms with Crippen molar-refractivity contribution in [3.8, 4) is 0 Å². The average molecular weight is 320 g/mol. The number of imide groups is 2. The standard InChI is InChI=1S/C17H24N2O4/c1-16(11-6-4-3-5-7-11)10-13(21)19(15(16)23)17(2)9-8-12(20)18-14(17)22/h11H,3-10H2,1-2H3,(H,18,20,22). The molecule has 1 N–H and O–H groups in total. The monoisotopic (exact) mass is 320 g/mol. The van der Waals surface area contributed by atoms with Crippen LogP contribution in [0.15, 0.2) is 0 Å². The van der Waals surface area contributed by atoms with Crippen LogP contribution in [0.3, 0.4) is 0 Å². The molecule has 6 nitrogen and oxygen atoms in total. The van der Waals surface area contributed by atoms with Crippen LogP contribution in [0, 0.1) is 11.3 Å². The average Bonchev–Trinajstić information content (AvgIpc) is 2.76. The van der Waals surface area contributed by atoms with E-state index >= 15 is 0 Å². The molecule has 0 radical (unpaired) electrons. The summed E-state index contributed by atoms with van der Waals surface area (Å²) in [6.45, 7) is 3.47. The predicted octanol–water partition coefficient (Wildman–Crippen LogP) is 1.53. The van der Waals surface area contributed by atoms with Crippen LogP contribution in [0.4, 0.5) is 0 Å². The van der Waals surface area contributed by atoms with Crippen molar-refractivity contribution >= 4 is 23.6 Å². The highest BCUT2D eigenvalue weighted by Gasteiger charge is 2.59. The molecule has 3 rings (SSSR count). The zero-order valence-electron chi connectivity index (χ0n) is 13.8. The highest BCUT2D eigenvalue weighted by atomic mass is 16.2. The van der Waals surface area contributed by atoms with Gasteiger partial charge in [-0.2, -0.15) is 0 Å². The van der Waals surface area contributed by atoms with Crippen LogP contribution in [0.25, 0.3) is 0 Å². The predicted molar refractivity (Wildman–Crippen MR) is 81.9 cm³/mol. The maximum atomic E-state index is 13.1. The van der Waals surface area contributed by atoms with E-state index < -0.39 is 16.9 Å². The molecule has 2 atom stereocenters. The van der Waals surface area contributed by atoms with E-state index in [1.54, 1.807) is 6.92 Å². The van der Waals surface area contributed by atoms with Gasteiger partial charge in [0.05, 0.1) is 5.41 Å². The van der Waals surface area contributed by atoms with Crippen molar-refractivity contribution in [1.82, 2.24) is 10.2 Å². The summed E-state index contributed by atoms with van der Waals surface area (Å²) < 4.78 is 0. The first-order valence-electron chi connectivity index (χ1n) is 8.51. The van der Waals surface area contributed by atoms with E-state index in [2.05, 4.69) is 5.32 Å². The first kappa shape index (κ1) is 16.1. The van der Waals surface area contributed by atoms with Crippen molar-refractivity contribution in [2.24, 2.45) is 11.3 Å². The summed E-state index contributed by atoms with van der Waals surface area (Å²) in [5.41, 5.74) is -1.95. The summed E-state index contributed by atoms with van der Waals surface area (Å²) in [6.07, 6.45) is 5.82. The second kappa shape index (κ2) is 5.42. The minimum Gasteiger partial charge on any atom is -0.294 e. The van der Waals surface area contributed by atoms with Crippen molar-refractivity contribution in [3.05, 3.63) is 0 Å². The number of carbonyl (C=O) groups is 4. The lowest BCUT2D eigenvalue weighted by Gasteiger charge is -2.40. The Labute approximate surface area is 136 Å². The number of piperidine rings is 1. The zero-order valence-corrected chi connectivity index (χ0v) is 13.8. The van der Waals surface area contributed by atoms with Gasteiger partial charge in [-0.3, -0.25) is 29.4 Å². The molecule has 1 aliphatic carbocycles. The zero-order chi connectivity index (χ0) is 16.8. The minimum absolute atomic E-state index is 0.152. The molecule has 0 aromatic heterocycles. The molecule has 0 spiro atoms. The number of hydrogen-bond acceptors (Lipinski definition) is 4. The molecule has 126 valence electrons. The molecular weight excluding hydrogens is 296 g/mol. The normalized spacial score (nSPS) is 36.5. The fraction of sp³-hybridized carbons (Fsp3) is 0.765. The van der Waals surface area contributed by atoms with E-state index in [1.807, 2.05) is 6.92 Å². The highest BCUT2D eigenvalue weighted by molar-refractivity contribution is 6.12. The number of amides is 4. The Hall–Kier alpha value is -1.72. The van der Waals surface area contributed by atoms with Crippen LogP contribution in [-0.4, -0.2) is 34.1 Å². The Morgan fingerprint density at radius 2 is 1.70 bits per heavy atom. The molecule has 6 heteroatoms. The van der Waals surface area contributed by atoms with Crippen molar-refractivity contribution in [2.75, 3.05) is 0 Å². The van der Waals surface area contributed by atoms with Crippen molar-refractivity contribution < 1.29 is 19.2 Å². The molecule has 2 heterocycles. The molecule has 0 aromatic rings. The second-order valence-corrected chi connectivity index (χ2v) is 7.61. The molecule has 1 saturated carbocycles. The SMILES string of the molecule is CC1(C2CCCCC2)CC(=O)N(C2(C)CCC(=O)NC2=O)C1=O. The van der Waals surface area contributed by atoms with Crippen LogP contribution < -0.4 is 5.32 Å². The largest absolute Gasteiger partial charge is 0.294 e. The maximum Gasteiger partial charge on any atom is 0.252 e. The molecule has 0 aromatic carbocycles. The Balaban J connectivity index is 1.89. The number of likely N-dealkylation sites (tertiary alicyclic amines) is 1. The van der Waals surface area contributed by atoms with Gasteiger partial charge < -0.3 is 0 Å². The molecule has 2 saturated heterocycles. The van der Waals surface area contributed by atoms with Crippen LogP contribution in [-0.2, 0) is 19.2 Å². The lowest BCUT2D eigenvalue weighted by molar-refractivity contribution is -0.159. The van der Waals surface area contributed by atoms with Gasteiger partial charge in [0.1, 0.15) is 5.54 Å². The second-order valence-electron chi connectivity index (χ2n) is 7.61. The Morgan fingerprint density at radius 1 is 1.04 bits per heavy atom. The summed E-state index contributed by atoms with van der Waals surface area (Å²) in [5, 5.41) is 2.27. The molecule has 2 unspecified atom stereocenters. The van der Waals surface area contributed by atoms with E-state index in [9.17, 15) is 19.2 Å². The Morgan fingerprint density at radius 3 is 2.30 bits per heavy atom. The van der Waals surface area contributed by atoms with Gasteiger partial charge in [-0.1, -0.05) is 19.3 Å². The van der Waals surface area contributed by atoms with E-state index in [4.69, 9.17) is 0 Å². The van der Waals surface area contributed by atoms with Gasteiger partial charge in [0.2, 0.25) is 17.7 Å². The lowest BCUT2D eigenvalue weighted by Crippen LogP contribution is -2.63. The fourth-order valence-corrected chi connectivity index (χ4v) is 4.40. The quantitative estimate of drug-likeness (QED) is 0.782. The smallest absolute Gasteiger partial charge is 0.252 e. The maximum absolute atomic E-state index is 13.1. The summed E-state index contributed by atoms with van der Waals surface area (Å²) in [7, 11) is 0. The van der Waals surface area contributed by atoms with E-state index in [-0.39, 0.29) is 42.9 Å². The van der Waals surface area contributed by atoms with Gasteiger partial charge in [-0.05, 0) is 39.0 Å². The van der Waals surface area contributed by atoms with Gasteiger partial charge in [-0.25, -0.2) is 0 Å². The topological polar surface area (TPSA) is 83.6 Å². The number of hydrogen-bond donors (Lipinski definition) is 1. The molecular formula is C17H24N2O4. The van der Waals surface area contributed by atoms with Crippen LogP contribution in [0.1, 0.15) is 65.2 Å². The third-order valence-corrected chi connectivity index (χ3v) is 6.04. The molecule has 2 aliphatic heterocycles. The Kier molecular flexibility index (Phi) is 3.81. The molecule has 3 aliphatic rings. The van der Waals surface area contributed by atoms with Gasteiger partial charge in [0.25, 0.3) is 5.91 Å². The van der Waals surface area contributed by atoms with E-state index in [0.717, 1.165) is 30.6 Å². The number of rotatable bonds is 2. The van der Waals surface area contributed by atoms with Gasteiger partial charge in [0.15, 0.2) is 0 Å². The first-order valence-corrected chi connectivity index (χ1v) is 8.51. The van der Waals surface area contributed by atoms with Crippen LogP contribution in [0.2, 0.25) is 0 Å². The summed E-state index contributed by atoms with van der Waals surface area (Å²) >= 11 is 0. The Bertz CT molecular complexity index is 581. The van der Waals surface area contributed by atoms with Crippen molar-refractivity contribution in [3.63, 3.8) is 0 Å². The van der Waals surface area contributed by atoms with Gasteiger partial charge in [-0.15, -0.1) is 0 Å². The minimum atomic E-state index is -1.24. The first-order chi connectivity index (χ1) is 10.8. The van der Waals surface area contributed by atoms with Gasteiger partial charge >= 0.3 is 0 Å². The third-order valence-electron chi connectivity index (χ3n) is 6.04. The summed E-state index contributed by atoms with van der Waals surface area (Å²) in [4.78, 5) is 50.6. The van der Waals surface area contributed by atoms with E-state index in [1.165, 1.54) is 6.42 Å². The van der Waals surface area contributed by atoms with Crippen LogP contribution >= 0.6 is 0 Å². The van der Waals surface area contributed by atoms with Crippen molar-refractivity contribution in [2.45, 2.75) is 70.8 Å². The molecule has 23 heavy (non-hydrogen) atoms. The molecule has 3 fully saturated rings. The van der Waals surface area contributed by atoms with E-state index in [0.29, 0.717) is 0 Å². The summed E-state index contributed by atoms with van der Waals surface area (Å²) in [6, 6.07) is 0. The number of nitrogens with zero attached hydrogens (tertiary/aromatic N) is 1. The highest BCUT2D eigenvalue weighted by Crippen LogP contribution is 2.48. The van der Waals surface area contributed by atoms with Crippen molar-refractivity contribution in [1.29, 1.82) is 0 Å². The fourth-order valence-electron chi connectivity index (χ4n) is 4.40. The number of carbonyl (C=O) groups excluding carboxylic acids is 4. The lowest BCUT2D eigenvalue weighted by atomic mass is 9.69.